The van der Waals surface area contributed by atoms with E-state index in [2.05, 4.69) is 0 Å². The van der Waals surface area contributed by atoms with Crippen molar-refractivity contribution in [2.24, 2.45) is 0 Å². The van der Waals surface area contributed by atoms with E-state index in [0.29, 0.717) is 0 Å². The normalized spacial score (nSPS) is 9.55. The number of hydrogen-bond acceptors (Lipinski definition) is 1. The van der Waals surface area contributed by atoms with E-state index in [4.69, 9.17) is 10.8 Å². The second kappa shape index (κ2) is 3.16. The second-order valence-electron chi connectivity index (χ2n) is 2.16. The standard InChI is InChI=1S/C8H7NO2/c9-5-6-1-3-7(4-2-6)8(10)11/h1-4H,5H2,(H,10,11). The van der Waals surface area contributed by atoms with Crippen molar-refractivity contribution in [3.63, 3.8) is 0 Å². The van der Waals surface area contributed by atoms with Crippen LogP contribution in [-0.2, 0) is 6.54 Å². The van der Waals surface area contributed by atoms with Gasteiger partial charge in [-0.15, -0.1) is 5.73 Å². The molecule has 0 aliphatic heterocycles. The molecule has 0 fully saturated rings. The predicted molar refractivity (Wildman–Crippen MR) is 39.2 cm³/mol. The highest BCUT2D eigenvalue weighted by Gasteiger charge is 1.99. The maximum absolute atomic E-state index is 10.3. The van der Waals surface area contributed by atoms with Crippen molar-refractivity contribution in [1.29, 1.82) is 0 Å². The number of carboxylic acid groups (broad SMARTS) is 1. The Morgan fingerprint density at radius 3 is 2.27 bits per heavy atom. The zero-order valence-electron chi connectivity index (χ0n) is 5.82. The number of rotatable bonds is 2. The van der Waals surface area contributed by atoms with E-state index < -0.39 is 5.97 Å². The molecule has 3 nitrogen and oxygen atoms in total. The molecule has 0 saturated heterocycles. The summed E-state index contributed by atoms with van der Waals surface area (Å²) < 4.78 is 0. The fourth-order valence-corrected chi connectivity index (χ4v) is 0.753. The van der Waals surface area contributed by atoms with Crippen molar-refractivity contribution in [2.75, 3.05) is 0 Å². The molecule has 1 aromatic carbocycles. The van der Waals surface area contributed by atoms with Crippen molar-refractivity contribution in [3.8, 4) is 0 Å². The highest BCUT2D eigenvalue weighted by molar-refractivity contribution is 5.87. The molecule has 3 heteroatoms. The number of nitrogens with zero attached hydrogens (tertiary/aromatic N) is 1. The Morgan fingerprint density at radius 1 is 1.36 bits per heavy atom. The summed E-state index contributed by atoms with van der Waals surface area (Å²) in [6, 6.07) is 6.11. The van der Waals surface area contributed by atoms with Crippen LogP contribution in [0.2, 0.25) is 0 Å². The summed E-state index contributed by atoms with van der Waals surface area (Å²) in [6.07, 6.45) is 0. The zero-order valence-corrected chi connectivity index (χ0v) is 5.82. The molecule has 11 heavy (non-hydrogen) atoms. The average molecular weight is 149 g/mol. The van der Waals surface area contributed by atoms with Crippen LogP contribution in [0.25, 0.3) is 0 Å². The molecule has 0 bridgehead atoms. The lowest BCUT2D eigenvalue weighted by molar-refractivity contribution is 0.0697. The molecule has 0 spiro atoms. The van der Waals surface area contributed by atoms with Gasteiger partial charge in [0.25, 0.3) is 0 Å². The van der Waals surface area contributed by atoms with Gasteiger partial charge >= 0.3 is 5.97 Å². The van der Waals surface area contributed by atoms with Crippen molar-refractivity contribution >= 4 is 5.97 Å². The molecule has 1 aromatic rings. The fraction of sp³-hybridized carbons (Fsp3) is 0.125. The SMILES string of the molecule is [N]Cc1ccc(C(=O)O)cc1. The number of carboxylic acids is 1. The van der Waals surface area contributed by atoms with Crippen LogP contribution in [0.5, 0.6) is 0 Å². The minimum atomic E-state index is -0.950. The van der Waals surface area contributed by atoms with Crippen molar-refractivity contribution in [1.82, 2.24) is 5.73 Å². The number of aromatic carboxylic acids is 1. The van der Waals surface area contributed by atoms with Gasteiger partial charge in [0, 0.05) is 0 Å². The summed E-state index contributed by atoms with van der Waals surface area (Å²) in [5, 5.41) is 8.49. The molecule has 0 atom stereocenters. The molecule has 0 aliphatic carbocycles. The third kappa shape index (κ3) is 1.78. The lowest BCUT2D eigenvalue weighted by Crippen LogP contribution is -1.95. The van der Waals surface area contributed by atoms with Gasteiger partial charge in [-0.25, -0.2) is 4.79 Å². The van der Waals surface area contributed by atoms with E-state index in [1.807, 2.05) is 0 Å². The quantitative estimate of drug-likeness (QED) is 0.680. The first-order chi connectivity index (χ1) is 5.24. The van der Waals surface area contributed by atoms with Gasteiger partial charge in [0.05, 0.1) is 12.1 Å². The van der Waals surface area contributed by atoms with Crippen LogP contribution in [-0.4, -0.2) is 11.1 Å². The maximum Gasteiger partial charge on any atom is 0.335 e. The van der Waals surface area contributed by atoms with Crippen LogP contribution in [0.15, 0.2) is 24.3 Å². The molecule has 2 radical (unpaired) electrons. The van der Waals surface area contributed by atoms with Crippen molar-refractivity contribution in [3.05, 3.63) is 35.4 Å². The zero-order chi connectivity index (χ0) is 8.27. The van der Waals surface area contributed by atoms with Gasteiger partial charge in [0.1, 0.15) is 0 Å². The van der Waals surface area contributed by atoms with Gasteiger partial charge in [-0.3, -0.25) is 0 Å². The van der Waals surface area contributed by atoms with Gasteiger partial charge in [-0.05, 0) is 17.7 Å². The number of carbonyl (C=O) groups is 1. The van der Waals surface area contributed by atoms with E-state index in [1.165, 1.54) is 12.1 Å². The topological polar surface area (TPSA) is 59.6 Å². The molecule has 0 aliphatic rings. The van der Waals surface area contributed by atoms with Crippen LogP contribution in [0.1, 0.15) is 15.9 Å². The van der Waals surface area contributed by atoms with Gasteiger partial charge in [-0.2, -0.15) is 0 Å². The van der Waals surface area contributed by atoms with Crippen LogP contribution >= 0.6 is 0 Å². The molecular weight excluding hydrogens is 142 g/mol. The van der Waals surface area contributed by atoms with E-state index in [0.717, 1.165) is 5.56 Å². The Bertz CT molecular complexity index is 253. The van der Waals surface area contributed by atoms with Crippen molar-refractivity contribution < 1.29 is 9.90 Å². The van der Waals surface area contributed by atoms with Gasteiger partial charge in [0.15, 0.2) is 0 Å². The molecule has 1 rings (SSSR count). The molecule has 1 N–H and O–H groups in total. The van der Waals surface area contributed by atoms with Crippen LogP contribution in [0.4, 0.5) is 0 Å². The summed E-state index contributed by atoms with van der Waals surface area (Å²) in [5.41, 5.74) is 9.58. The highest BCUT2D eigenvalue weighted by atomic mass is 16.4. The predicted octanol–water partition coefficient (Wildman–Crippen LogP) is 0.954. The molecule has 0 amide bonds. The Kier molecular flexibility index (Phi) is 2.23. The molecule has 0 saturated carbocycles. The lowest BCUT2D eigenvalue weighted by atomic mass is 10.1. The smallest absolute Gasteiger partial charge is 0.335 e. The van der Waals surface area contributed by atoms with E-state index in [-0.39, 0.29) is 12.1 Å². The highest BCUT2D eigenvalue weighted by Crippen LogP contribution is 2.03. The van der Waals surface area contributed by atoms with Crippen molar-refractivity contribution in [2.45, 2.75) is 6.54 Å². The van der Waals surface area contributed by atoms with Gasteiger partial charge in [-0.1, -0.05) is 12.1 Å². The molecule has 0 aromatic heterocycles. The Hall–Kier alpha value is -1.35. The third-order valence-electron chi connectivity index (χ3n) is 1.38. The molecule has 0 heterocycles. The maximum atomic E-state index is 10.3. The minimum Gasteiger partial charge on any atom is -0.478 e. The van der Waals surface area contributed by atoms with Crippen LogP contribution in [0.3, 0.4) is 0 Å². The van der Waals surface area contributed by atoms with E-state index in [1.54, 1.807) is 12.1 Å². The lowest BCUT2D eigenvalue weighted by Gasteiger charge is -1.95. The number of hydrogen-bond donors (Lipinski definition) is 1. The Labute approximate surface area is 64.5 Å². The summed E-state index contributed by atoms with van der Waals surface area (Å²) in [4.78, 5) is 10.3. The first-order valence-corrected chi connectivity index (χ1v) is 3.17. The Morgan fingerprint density at radius 2 is 1.91 bits per heavy atom. The summed E-state index contributed by atoms with van der Waals surface area (Å²) in [6.45, 7) is -0.0557. The largest absolute Gasteiger partial charge is 0.478 e. The van der Waals surface area contributed by atoms with Gasteiger partial charge in [0.2, 0.25) is 0 Å². The van der Waals surface area contributed by atoms with Gasteiger partial charge < -0.3 is 5.11 Å². The first kappa shape index (κ1) is 7.75. The molecule has 0 unspecified atom stereocenters. The minimum absolute atomic E-state index is 0.0557. The summed E-state index contributed by atoms with van der Waals surface area (Å²) >= 11 is 0. The molecular formula is C8H7NO2. The number of benzene rings is 1. The van der Waals surface area contributed by atoms with E-state index >= 15 is 0 Å². The Balaban J connectivity index is 2.91. The third-order valence-corrected chi connectivity index (χ3v) is 1.38. The monoisotopic (exact) mass is 149 g/mol. The average Bonchev–Trinajstić information content (AvgIpc) is 2.05. The first-order valence-electron chi connectivity index (χ1n) is 3.17. The fourth-order valence-electron chi connectivity index (χ4n) is 0.753. The van der Waals surface area contributed by atoms with Crippen LogP contribution < -0.4 is 5.73 Å². The van der Waals surface area contributed by atoms with Crippen LogP contribution in [0, 0.1) is 0 Å². The summed E-state index contributed by atoms with van der Waals surface area (Å²) in [7, 11) is 0. The second-order valence-corrected chi connectivity index (χ2v) is 2.16. The summed E-state index contributed by atoms with van der Waals surface area (Å²) in [5.74, 6) is -0.950. The molecule has 56 valence electrons. The van der Waals surface area contributed by atoms with E-state index in [9.17, 15) is 4.79 Å².